The standard InChI is InChI=1S/C68H72N4O8/c1-46-13-8-16-50(31-46)42-77-63-23-6-4-19-55(63)38-71(29-27-61(69)67(73)74)39-56-20-5-7-24-64(56)78-45-54-34-48(3)33-53(37-54)36-49-15-10-18-52(35-49)44-80-66-26-12-22-58-57-21-11-25-65(79-43-51-17-9-14-47(2)32-51)59(57)40-72(41-60(58)66)30-28-62(70)68(75)76/h4-26,31-35,37,61-62H,27-30,36,38-45,69-70H2,1-3H3,(H,73,74)(H,75,76)/t61-,62-/m0/s1. The average Bonchev–Trinajstić information content (AvgIpc) is 3.65. The molecule has 12 heteroatoms. The molecule has 8 aromatic rings. The Balaban J connectivity index is 0.875. The third-order valence-electron chi connectivity index (χ3n) is 14.5. The predicted octanol–water partition coefficient (Wildman–Crippen LogP) is 12.1. The van der Waals surface area contributed by atoms with Gasteiger partial charge >= 0.3 is 11.9 Å². The summed E-state index contributed by atoms with van der Waals surface area (Å²) in [5.41, 5.74) is 28.3. The maximum Gasteiger partial charge on any atom is 0.320 e. The number of aryl methyl sites for hydroxylation is 3. The highest BCUT2D eigenvalue weighted by Gasteiger charge is 2.26. The first-order valence-electron chi connectivity index (χ1n) is 27.4. The van der Waals surface area contributed by atoms with Crippen molar-refractivity contribution in [3.8, 4) is 34.1 Å². The van der Waals surface area contributed by atoms with Crippen LogP contribution in [0.25, 0.3) is 11.1 Å². The summed E-state index contributed by atoms with van der Waals surface area (Å²) in [6.07, 6.45) is 1.28. The van der Waals surface area contributed by atoms with Crippen LogP contribution in [0, 0.1) is 20.8 Å². The number of carbonyl (C=O) groups is 2. The molecule has 12 nitrogen and oxygen atoms in total. The van der Waals surface area contributed by atoms with Crippen LogP contribution in [0.3, 0.4) is 0 Å². The van der Waals surface area contributed by atoms with Crippen molar-refractivity contribution in [1.82, 2.24) is 9.80 Å². The third kappa shape index (κ3) is 15.5. The molecule has 1 aliphatic heterocycles. The van der Waals surface area contributed by atoms with Crippen molar-refractivity contribution >= 4 is 11.9 Å². The molecule has 2 atom stereocenters. The Morgan fingerprint density at radius 3 is 1.43 bits per heavy atom. The van der Waals surface area contributed by atoms with Crippen LogP contribution >= 0.6 is 0 Å². The second kappa shape index (κ2) is 27.1. The Morgan fingerprint density at radius 1 is 0.475 bits per heavy atom. The van der Waals surface area contributed by atoms with Gasteiger partial charge in [-0.2, -0.15) is 0 Å². The lowest BCUT2D eigenvalue weighted by Crippen LogP contribution is -2.35. The zero-order chi connectivity index (χ0) is 56.0. The van der Waals surface area contributed by atoms with Crippen molar-refractivity contribution in [2.24, 2.45) is 11.5 Å². The largest absolute Gasteiger partial charge is 0.489 e. The van der Waals surface area contributed by atoms with Crippen LogP contribution in [0.1, 0.15) is 85.2 Å². The van der Waals surface area contributed by atoms with Crippen molar-refractivity contribution < 1.29 is 38.7 Å². The van der Waals surface area contributed by atoms with E-state index in [1.807, 2.05) is 72.8 Å². The van der Waals surface area contributed by atoms with Crippen molar-refractivity contribution in [2.45, 2.75) is 105 Å². The fourth-order valence-electron chi connectivity index (χ4n) is 10.5. The number of hydrogen-bond donors (Lipinski definition) is 4. The van der Waals surface area contributed by atoms with Crippen LogP contribution in [-0.4, -0.2) is 57.1 Å². The Labute approximate surface area is 470 Å². The third-order valence-corrected chi connectivity index (χ3v) is 14.5. The van der Waals surface area contributed by atoms with E-state index >= 15 is 0 Å². The lowest BCUT2D eigenvalue weighted by molar-refractivity contribution is -0.139. The fraction of sp³-hybridized carbons (Fsp3) is 0.265. The fourth-order valence-corrected chi connectivity index (χ4v) is 10.5. The van der Waals surface area contributed by atoms with Gasteiger partial charge in [0.25, 0.3) is 0 Å². The average molecular weight is 1070 g/mol. The molecule has 0 bridgehead atoms. The highest BCUT2D eigenvalue weighted by atomic mass is 16.5. The number of aliphatic carboxylic acids is 2. The number of carboxylic acid groups (broad SMARTS) is 2. The maximum atomic E-state index is 11.8. The van der Waals surface area contributed by atoms with E-state index in [9.17, 15) is 19.8 Å². The molecule has 8 aromatic carbocycles. The van der Waals surface area contributed by atoms with Gasteiger partial charge in [0.15, 0.2) is 0 Å². The minimum absolute atomic E-state index is 0.276. The number of benzene rings is 8. The van der Waals surface area contributed by atoms with Crippen molar-refractivity contribution in [2.75, 3.05) is 13.1 Å². The minimum atomic E-state index is -1.03. The molecule has 0 amide bonds. The zero-order valence-electron chi connectivity index (χ0n) is 46.0. The van der Waals surface area contributed by atoms with Crippen LogP contribution in [0.4, 0.5) is 0 Å². The zero-order valence-corrected chi connectivity index (χ0v) is 46.0. The molecule has 1 aliphatic rings. The summed E-state index contributed by atoms with van der Waals surface area (Å²) < 4.78 is 26.3. The van der Waals surface area contributed by atoms with E-state index in [2.05, 4.69) is 134 Å². The SMILES string of the molecule is Cc1cccc(COc2ccccc2CN(CC[C@H](N)C(=O)O)Cc2ccccc2OCc2cc(C)cc(Cc3cccc(COc4cccc5c4CN(CC[C@H](N)C(=O)O)Cc4c(OCc6cccc(C)c6)cccc4-5)c3)c2)c1. The van der Waals surface area contributed by atoms with E-state index in [4.69, 9.17) is 30.4 Å². The van der Waals surface area contributed by atoms with Gasteiger partial charge in [-0.15, -0.1) is 0 Å². The molecule has 9 rings (SSSR count). The van der Waals surface area contributed by atoms with Crippen molar-refractivity contribution in [3.05, 3.63) is 248 Å². The summed E-state index contributed by atoms with van der Waals surface area (Å²) >= 11 is 0. The number of nitrogens with two attached hydrogens (primary N) is 2. The highest BCUT2D eigenvalue weighted by Crippen LogP contribution is 2.41. The smallest absolute Gasteiger partial charge is 0.320 e. The van der Waals surface area contributed by atoms with Gasteiger partial charge < -0.3 is 40.6 Å². The summed E-state index contributed by atoms with van der Waals surface area (Å²) in [6.45, 7) is 10.8. The van der Waals surface area contributed by atoms with Gasteiger partial charge in [-0.1, -0.05) is 168 Å². The highest BCUT2D eigenvalue weighted by molar-refractivity contribution is 5.76. The molecule has 0 fully saturated rings. The molecule has 0 saturated heterocycles. The van der Waals surface area contributed by atoms with E-state index in [0.29, 0.717) is 78.5 Å². The maximum absolute atomic E-state index is 11.8. The van der Waals surface area contributed by atoms with Crippen molar-refractivity contribution in [3.63, 3.8) is 0 Å². The molecule has 0 aromatic heterocycles. The molecule has 0 saturated carbocycles. The Hall–Kier alpha value is -8.26. The van der Waals surface area contributed by atoms with Gasteiger partial charge in [0, 0.05) is 61.5 Å². The summed E-state index contributed by atoms with van der Waals surface area (Å²) in [5.74, 6) is 1.04. The summed E-state index contributed by atoms with van der Waals surface area (Å²) in [5, 5.41) is 19.3. The quantitative estimate of drug-likeness (QED) is 0.0405. The van der Waals surface area contributed by atoms with Gasteiger partial charge in [-0.3, -0.25) is 19.4 Å². The van der Waals surface area contributed by atoms with Gasteiger partial charge in [0.05, 0.1) is 0 Å². The monoisotopic (exact) mass is 1070 g/mol. The van der Waals surface area contributed by atoms with Crippen LogP contribution in [0.15, 0.2) is 176 Å². The molecule has 0 spiro atoms. The Morgan fingerprint density at radius 2 is 0.887 bits per heavy atom. The first-order valence-corrected chi connectivity index (χ1v) is 27.4. The number of hydrogen-bond acceptors (Lipinski definition) is 10. The number of fused-ring (bicyclic) bond motifs is 3. The van der Waals surface area contributed by atoms with Gasteiger partial charge in [0.1, 0.15) is 61.5 Å². The Bertz CT molecular complexity index is 3420. The van der Waals surface area contributed by atoms with Crippen LogP contribution in [-0.2, 0) is 68.6 Å². The predicted molar refractivity (Wildman–Crippen MR) is 314 cm³/mol. The first kappa shape index (κ1) is 56.5. The summed E-state index contributed by atoms with van der Waals surface area (Å²) in [4.78, 5) is 28.1. The summed E-state index contributed by atoms with van der Waals surface area (Å²) in [6, 6.07) is 58.0. The van der Waals surface area contributed by atoms with Crippen LogP contribution in [0.5, 0.6) is 23.0 Å². The second-order valence-corrected chi connectivity index (χ2v) is 21.1. The second-order valence-electron chi connectivity index (χ2n) is 21.1. The van der Waals surface area contributed by atoms with Gasteiger partial charge in [-0.05, 0) is 109 Å². The molecule has 0 aliphatic carbocycles. The van der Waals surface area contributed by atoms with Crippen LogP contribution < -0.4 is 30.4 Å². The molecule has 80 heavy (non-hydrogen) atoms. The summed E-state index contributed by atoms with van der Waals surface area (Å²) in [7, 11) is 0. The van der Waals surface area contributed by atoms with Crippen LogP contribution in [0.2, 0.25) is 0 Å². The number of para-hydroxylation sites is 2. The molecular weight excluding hydrogens is 1000 g/mol. The van der Waals surface area contributed by atoms with E-state index < -0.39 is 24.0 Å². The van der Waals surface area contributed by atoms with E-state index in [1.165, 1.54) is 11.1 Å². The van der Waals surface area contributed by atoms with E-state index in [0.717, 1.165) is 95.3 Å². The molecule has 6 N–H and O–H groups in total. The Kier molecular flexibility index (Phi) is 19.1. The van der Waals surface area contributed by atoms with Gasteiger partial charge in [-0.25, -0.2) is 0 Å². The van der Waals surface area contributed by atoms with Crippen molar-refractivity contribution in [1.29, 1.82) is 0 Å². The normalized spacial score (nSPS) is 12.9. The number of nitrogens with zero attached hydrogens (tertiary/aromatic N) is 2. The minimum Gasteiger partial charge on any atom is -0.489 e. The van der Waals surface area contributed by atoms with Gasteiger partial charge in [0.2, 0.25) is 0 Å². The lowest BCUT2D eigenvalue weighted by Gasteiger charge is -2.25. The molecular formula is C68H72N4O8. The number of rotatable bonds is 26. The molecule has 1 heterocycles. The van der Waals surface area contributed by atoms with E-state index in [-0.39, 0.29) is 6.42 Å². The topological polar surface area (TPSA) is 170 Å². The number of ether oxygens (including phenoxy) is 4. The molecule has 0 unspecified atom stereocenters. The first-order chi connectivity index (χ1) is 38.8. The number of carboxylic acids is 2. The van der Waals surface area contributed by atoms with E-state index in [1.54, 1.807) is 0 Å². The lowest BCUT2D eigenvalue weighted by atomic mass is 9.95. The molecule has 412 valence electrons. The molecule has 0 radical (unpaired) electrons.